The van der Waals surface area contributed by atoms with Gasteiger partial charge in [0.2, 0.25) is 0 Å². The average molecular weight is 491 g/mol. The molecule has 0 radical (unpaired) electrons. The molecule has 9 heteroatoms. The summed E-state index contributed by atoms with van der Waals surface area (Å²) in [5, 5.41) is 0. The fourth-order valence-electron chi connectivity index (χ4n) is 2.96. The molecule has 1 unspecified atom stereocenters. The van der Waals surface area contributed by atoms with E-state index in [4.69, 9.17) is 9.47 Å². The van der Waals surface area contributed by atoms with Gasteiger partial charge in [-0.1, -0.05) is 18.2 Å². The van der Waals surface area contributed by atoms with Crippen molar-refractivity contribution in [2.75, 3.05) is 19.8 Å². The highest BCUT2D eigenvalue weighted by molar-refractivity contribution is 7.91. The number of nitrogens with zero attached hydrogens (tertiary/aromatic N) is 2. The number of rotatable bonds is 10. The van der Waals surface area contributed by atoms with Crippen molar-refractivity contribution < 1.29 is 22.7 Å². The zero-order valence-electron chi connectivity index (χ0n) is 18.5. The van der Waals surface area contributed by atoms with Crippen LogP contribution < -0.4 is 4.74 Å². The Hall–Kier alpha value is -2.94. The quantitative estimate of drug-likeness (QED) is 0.424. The van der Waals surface area contributed by atoms with E-state index < -0.39 is 15.9 Å². The Bertz CT molecular complexity index is 1110. The van der Waals surface area contributed by atoms with Gasteiger partial charge in [-0.2, -0.15) is 0 Å². The van der Waals surface area contributed by atoms with Gasteiger partial charge in [-0.25, -0.2) is 8.42 Å². The van der Waals surface area contributed by atoms with Gasteiger partial charge in [0.15, 0.2) is 9.84 Å². The lowest BCUT2D eigenvalue weighted by Gasteiger charge is -2.21. The Morgan fingerprint density at radius 3 is 2.15 bits per heavy atom. The summed E-state index contributed by atoms with van der Waals surface area (Å²) in [5.74, 6) is 0.712. The number of hydrogen-bond donors (Lipinski definition) is 0. The second-order valence-electron chi connectivity index (χ2n) is 7.38. The lowest BCUT2D eigenvalue weighted by atomic mass is 10.2. The minimum absolute atomic E-state index is 0. The van der Waals surface area contributed by atoms with Crippen molar-refractivity contribution in [1.82, 2.24) is 9.88 Å². The lowest BCUT2D eigenvalue weighted by molar-refractivity contribution is -0.142. The fraction of sp³-hybridized carbons (Fsp3) is 0.250. The summed E-state index contributed by atoms with van der Waals surface area (Å²) in [4.78, 5) is 18.0. The van der Waals surface area contributed by atoms with Crippen LogP contribution in [0.5, 0.6) is 11.5 Å². The number of likely N-dealkylation sites (N-methyl/N-ethyl adjacent to an activating group) is 1. The van der Waals surface area contributed by atoms with E-state index in [0.717, 1.165) is 5.56 Å². The van der Waals surface area contributed by atoms with E-state index >= 15 is 0 Å². The van der Waals surface area contributed by atoms with Gasteiger partial charge < -0.3 is 14.4 Å². The van der Waals surface area contributed by atoms with Crippen LogP contribution in [0.3, 0.4) is 0 Å². The molecule has 1 heterocycles. The Labute approximate surface area is 200 Å². The number of aromatic nitrogens is 1. The summed E-state index contributed by atoms with van der Waals surface area (Å²) < 4.78 is 37.2. The molecule has 0 bridgehead atoms. The van der Waals surface area contributed by atoms with E-state index in [-0.39, 0.29) is 42.0 Å². The lowest BCUT2D eigenvalue weighted by Crippen LogP contribution is -2.36. The van der Waals surface area contributed by atoms with Gasteiger partial charge in [-0.15, -0.1) is 12.4 Å². The molecule has 0 fully saturated rings. The van der Waals surface area contributed by atoms with E-state index in [9.17, 15) is 13.2 Å². The summed E-state index contributed by atoms with van der Waals surface area (Å²) >= 11 is 0. The van der Waals surface area contributed by atoms with Crippen LogP contribution in [0, 0.1) is 0 Å². The highest BCUT2D eigenvalue weighted by Crippen LogP contribution is 2.23. The summed E-state index contributed by atoms with van der Waals surface area (Å²) in [7, 11) is -0.371. The van der Waals surface area contributed by atoms with E-state index in [1.807, 2.05) is 30.3 Å². The maximum absolute atomic E-state index is 12.8. The van der Waals surface area contributed by atoms with Crippen molar-refractivity contribution in [3.63, 3.8) is 0 Å². The van der Waals surface area contributed by atoms with Crippen LogP contribution in [0.4, 0.5) is 0 Å². The van der Waals surface area contributed by atoms with E-state index in [1.54, 1.807) is 50.8 Å². The van der Waals surface area contributed by atoms with Gasteiger partial charge in [-0.3, -0.25) is 9.78 Å². The molecule has 0 saturated carbocycles. The molecule has 0 saturated heterocycles. The minimum atomic E-state index is -3.60. The van der Waals surface area contributed by atoms with E-state index in [1.165, 1.54) is 17.0 Å². The molecule has 1 aromatic heterocycles. The number of para-hydroxylation sites is 1. The monoisotopic (exact) mass is 490 g/mol. The second-order valence-corrected chi connectivity index (χ2v) is 9.49. The minimum Gasteiger partial charge on any atom is -0.457 e. The molecule has 7 nitrogen and oxygen atoms in total. The maximum Gasteiger partial charge on any atom is 0.251 e. The summed E-state index contributed by atoms with van der Waals surface area (Å²) in [6.07, 6.45) is 2.45. The van der Waals surface area contributed by atoms with Crippen molar-refractivity contribution in [1.29, 1.82) is 0 Å². The van der Waals surface area contributed by atoms with Crippen LogP contribution in [-0.2, 0) is 26.0 Å². The first-order valence-corrected chi connectivity index (χ1v) is 11.8. The third-order valence-corrected chi connectivity index (χ3v) is 6.49. The number of benzene rings is 2. The van der Waals surface area contributed by atoms with Crippen LogP contribution in [0.1, 0.15) is 12.0 Å². The maximum atomic E-state index is 12.8. The third-order valence-electron chi connectivity index (χ3n) is 4.73. The number of carbonyl (C=O) groups excluding carboxylic acids is 1. The van der Waals surface area contributed by atoms with Crippen LogP contribution in [0.25, 0.3) is 0 Å². The highest BCUT2D eigenvalue weighted by Gasteiger charge is 2.25. The van der Waals surface area contributed by atoms with Crippen LogP contribution in [-0.4, -0.2) is 50.2 Å². The topological polar surface area (TPSA) is 85.8 Å². The van der Waals surface area contributed by atoms with E-state index in [2.05, 4.69) is 4.98 Å². The molecule has 2 aromatic carbocycles. The van der Waals surface area contributed by atoms with Crippen molar-refractivity contribution in [2.45, 2.75) is 24.0 Å². The molecule has 1 atom stereocenters. The Balaban J connectivity index is 0.00000385. The Kier molecular flexibility index (Phi) is 9.84. The number of halogens is 1. The zero-order valence-corrected chi connectivity index (χ0v) is 20.1. The van der Waals surface area contributed by atoms with Crippen LogP contribution in [0.15, 0.2) is 84.0 Å². The number of amides is 1. The van der Waals surface area contributed by atoms with Gasteiger partial charge >= 0.3 is 0 Å². The first kappa shape index (κ1) is 26.3. The number of carbonyl (C=O) groups is 1. The molecule has 176 valence electrons. The fourth-order valence-corrected chi connectivity index (χ4v) is 4.27. The van der Waals surface area contributed by atoms with Gasteiger partial charge in [0, 0.05) is 26.5 Å². The van der Waals surface area contributed by atoms with Gasteiger partial charge in [0.25, 0.3) is 5.91 Å². The Morgan fingerprint density at radius 2 is 1.55 bits per heavy atom. The number of sulfone groups is 1. The third kappa shape index (κ3) is 7.85. The molecule has 0 aliphatic carbocycles. The summed E-state index contributed by atoms with van der Waals surface area (Å²) in [6.45, 7) is 0.193. The predicted octanol–water partition coefficient (Wildman–Crippen LogP) is 4.13. The summed E-state index contributed by atoms with van der Waals surface area (Å²) in [5.41, 5.74) is 0.855. The molecule has 0 spiro atoms. The molecule has 3 aromatic rings. The largest absolute Gasteiger partial charge is 0.457 e. The van der Waals surface area contributed by atoms with Crippen molar-refractivity contribution in [3.05, 3.63) is 84.7 Å². The number of hydrogen-bond acceptors (Lipinski definition) is 6. The van der Waals surface area contributed by atoms with Gasteiger partial charge in [0.05, 0.1) is 17.3 Å². The average Bonchev–Trinajstić information content (AvgIpc) is 2.80. The highest BCUT2D eigenvalue weighted by atomic mass is 35.5. The predicted molar refractivity (Wildman–Crippen MR) is 128 cm³/mol. The molecule has 0 aliphatic rings. The first-order chi connectivity index (χ1) is 15.3. The van der Waals surface area contributed by atoms with Crippen LogP contribution >= 0.6 is 12.4 Å². The molecular formula is C24H27ClN2O5S. The van der Waals surface area contributed by atoms with E-state index in [0.29, 0.717) is 11.5 Å². The summed E-state index contributed by atoms with van der Waals surface area (Å²) in [6, 6.07) is 19.0. The molecule has 33 heavy (non-hydrogen) atoms. The van der Waals surface area contributed by atoms with Crippen molar-refractivity contribution in [2.24, 2.45) is 0 Å². The number of pyridine rings is 1. The molecule has 0 N–H and O–H groups in total. The first-order valence-electron chi connectivity index (χ1n) is 10.1. The zero-order chi connectivity index (χ0) is 23.0. The van der Waals surface area contributed by atoms with Gasteiger partial charge in [0.1, 0.15) is 17.6 Å². The number of ether oxygens (including phenoxy) is 2. The molecular weight excluding hydrogens is 464 g/mol. The standard InChI is InChI=1S/C24H26N2O5S.ClH/c1-26(2)24(27)23(30-18-19-12-15-25-16-13-19)14-17-32(28,29)22-10-8-21(9-11-22)31-20-6-4-3-5-7-20;/h3-13,15-16,23H,14,17-18H2,1-2H3;1H. The molecule has 3 rings (SSSR count). The molecule has 0 aliphatic heterocycles. The van der Waals surface area contributed by atoms with Crippen LogP contribution in [0.2, 0.25) is 0 Å². The van der Waals surface area contributed by atoms with Crippen molar-refractivity contribution in [3.8, 4) is 11.5 Å². The normalized spacial score (nSPS) is 11.8. The van der Waals surface area contributed by atoms with Gasteiger partial charge in [-0.05, 0) is 60.5 Å². The molecule has 1 amide bonds. The second kappa shape index (κ2) is 12.3. The smallest absolute Gasteiger partial charge is 0.251 e. The van der Waals surface area contributed by atoms with Crippen molar-refractivity contribution >= 4 is 28.2 Å². The Morgan fingerprint density at radius 1 is 0.939 bits per heavy atom. The SMILES string of the molecule is CN(C)C(=O)C(CCS(=O)(=O)c1ccc(Oc2ccccc2)cc1)OCc1ccncc1.Cl.